The van der Waals surface area contributed by atoms with Gasteiger partial charge in [0, 0.05) is 5.39 Å². The smallest absolute Gasteiger partial charge is 0.335 e. The highest BCUT2D eigenvalue weighted by atomic mass is 16.5. The fourth-order valence-corrected chi connectivity index (χ4v) is 2.09. The number of carboxylic acid groups (broad SMARTS) is 1. The van der Waals surface area contributed by atoms with Crippen LogP contribution < -0.4 is 5.48 Å². The molecule has 4 N–H and O–H groups in total. The third kappa shape index (κ3) is 2.52. The van der Waals surface area contributed by atoms with Crippen LogP contribution in [0.3, 0.4) is 0 Å². The van der Waals surface area contributed by atoms with E-state index in [-0.39, 0.29) is 11.4 Å². The standard InChI is InChI=1S/C15H12N4O3/c20-15(21)9-6-7-12-11(8-9)13(18-17-12)14(19-22)16-10-4-2-1-3-5-10/h1-8,22H,(H,16,19)(H,17,18)(H,20,21). The lowest BCUT2D eigenvalue weighted by Gasteiger charge is -2.03. The minimum Gasteiger partial charge on any atom is -0.478 e. The highest BCUT2D eigenvalue weighted by Crippen LogP contribution is 2.20. The van der Waals surface area contributed by atoms with Crippen molar-refractivity contribution in [3.63, 3.8) is 0 Å². The van der Waals surface area contributed by atoms with Crippen molar-refractivity contribution >= 4 is 28.4 Å². The highest BCUT2D eigenvalue weighted by molar-refractivity contribution is 6.09. The third-order valence-corrected chi connectivity index (χ3v) is 3.14. The molecule has 0 amide bonds. The van der Waals surface area contributed by atoms with Gasteiger partial charge in [0.05, 0.1) is 16.8 Å². The first-order chi connectivity index (χ1) is 10.7. The molecule has 3 rings (SSSR count). The van der Waals surface area contributed by atoms with Crippen LogP contribution in [0.1, 0.15) is 16.1 Å². The van der Waals surface area contributed by atoms with Crippen LogP contribution in [0.4, 0.5) is 5.69 Å². The van der Waals surface area contributed by atoms with Crippen LogP contribution in [0.25, 0.3) is 10.9 Å². The summed E-state index contributed by atoms with van der Waals surface area (Å²) in [5, 5.41) is 25.8. The lowest BCUT2D eigenvalue weighted by atomic mass is 10.1. The van der Waals surface area contributed by atoms with Gasteiger partial charge in [-0.25, -0.2) is 9.79 Å². The van der Waals surface area contributed by atoms with E-state index in [0.717, 1.165) is 0 Å². The van der Waals surface area contributed by atoms with E-state index < -0.39 is 5.97 Å². The molecule has 0 saturated carbocycles. The maximum Gasteiger partial charge on any atom is 0.335 e. The summed E-state index contributed by atoms with van der Waals surface area (Å²) in [4.78, 5) is 15.4. The molecule has 0 bridgehead atoms. The van der Waals surface area contributed by atoms with E-state index in [4.69, 9.17) is 5.11 Å². The van der Waals surface area contributed by atoms with E-state index in [1.807, 2.05) is 23.7 Å². The number of hydrogen-bond acceptors (Lipinski definition) is 4. The van der Waals surface area contributed by atoms with Gasteiger partial charge >= 0.3 is 5.97 Å². The minimum atomic E-state index is -1.03. The van der Waals surface area contributed by atoms with Gasteiger partial charge < -0.3 is 5.11 Å². The highest BCUT2D eigenvalue weighted by Gasteiger charge is 2.14. The molecule has 110 valence electrons. The number of carboxylic acids is 1. The minimum absolute atomic E-state index is 0.125. The van der Waals surface area contributed by atoms with Crippen molar-refractivity contribution in [3.8, 4) is 0 Å². The number of aromatic amines is 1. The largest absolute Gasteiger partial charge is 0.478 e. The van der Waals surface area contributed by atoms with Gasteiger partial charge in [0.2, 0.25) is 0 Å². The van der Waals surface area contributed by atoms with Gasteiger partial charge in [0.15, 0.2) is 5.84 Å². The summed E-state index contributed by atoms with van der Waals surface area (Å²) in [6, 6.07) is 13.6. The fourth-order valence-electron chi connectivity index (χ4n) is 2.09. The van der Waals surface area contributed by atoms with E-state index in [2.05, 4.69) is 15.2 Å². The SMILES string of the molecule is O=C(O)c1ccc2[nH]nc(C(=Nc3ccccc3)NO)c2c1. The van der Waals surface area contributed by atoms with Gasteiger partial charge in [-0.05, 0) is 30.3 Å². The molecule has 3 aromatic rings. The number of rotatable bonds is 3. The number of hydrogen-bond donors (Lipinski definition) is 4. The van der Waals surface area contributed by atoms with Gasteiger partial charge in [-0.1, -0.05) is 18.2 Å². The summed E-state index contributed by atoms with van der Waals surface area (Å²) >= 11 is 0. The second kappa shape index (κ2) is 5.66. The first-order valence-electron chi connectivity index (χ1n) is 6.44. The number of aromatic nitrogens is 2. The second-order valence-electron chi connectivity index (χ2n) is 4.55. The van der Waals surface area contributed by atoms with Gasteiger partial charge in [-0.2, -0.15) is 5.10 Å². The molecule has 0 atom stereocenters. The Morgan fingerprint density at radius 3 is 2.64 bits per heavy atom. The maximum atomic E-state index is 11.1. The van der Waals surface area contributed by atoms with Gasteiger partial charge in [0.25, 0.3) is 0 Å². The number of benzene rings is 2. The van der Waals surface area contributed by atoms with Crippen molar-refractivity contribution in [2.45, 2.75) is 0 Å². The first kappa shape index (κ1) is 13.8. The molecular weight excluding hydrogens is 284 g/mol. The Morgan fingerprint density at radius 2 is 1.95 bits per heavy atom. The molecule has 22 heavy (non-hydrogen) atoms. The molecule has 1 heterocycles. The van der Waals surface area contributed by atoms with Crippen LogP contribution in [0.15, 0.2) is 53.5 Å². The Kier molecular flexibility index (Phi) is 3.55. The summed E-state index contributed by atoms with van der Waals surface area (Å²) in [6.07, 6.45) is 0. The lowest BCUT2D eigenvalue weighted by Crippen LogP contribution is -2.20. The number of amidine groups is 1. The quantitative estimate of drug-likeness (QED) is 0.337. The summed E-state index contributed by atoms with van der Waals surface area (Å²) in [5.41, 5.74) is 3.76. The zero-order chi connectivity index (χ0) is 15.5. The van der Waals surface area contributed by atoms with E-state index in [0.29, 0.717) is 22.3 Å². The Balaban J connectivity index is 2.13. The van der Waals surface area contributed by atoms with Crippen LogP contribution in [-0.4, -0.2) is 32.3 Å². The van der Waals surface area contributed by atoms with Crippen LogP contribution in [0.2, 0.25) is 0 Å². The topological polar surface area (TPSA) is 111 Å². The number of H-pyrrole nitrogens is 1. The zero-order valence-corrected chi connectivity index (χ0v) is 11.3. The predicted molar refractivity (Wildman–Crippen MR) is 80.6 cm³/mol. The molecule has 0 fully saturated rings. The number of nitrogens with zero attached hydrogens (tertiary/aromatic N) is 2. The van der Waals surface area contributed by atoms with E-state index in [1.54, 1.807) is 18.2 Å². The average Bonchev–Trinajstić information content (AvgIpc) is 2.96. The number of carbonyl (C=O) groups is 1. The lowest BCUT2D eigenvalue weighted by molar-refractivity contribution is 0.0697. The second-order valence-corrected chi connectivity index (χ2v) is 4.55. The Morgan fingerprint density at radius 1 is 1.18 bits per heavy atom. The maximum absolute atomic E-state index is 11.1. The zero-order valence-electron chi connectivity index (χ0n) is 11.3. The monoisotopic (exact) mass is 296 g/mol. The molecule has 0 spiro atoms. The molecule has 0 unspecified atom stereocenters. The molecular formula is C15H12N4O3. The fraction of sp³-hybridized carbons (Fsp3) is 0. The molecule has 7 heteroatoms. The summed E-state index contributed by atoms with van der Waals surface area (Å²) < 4.78 is 0. The first-order valence-corrected chi connectivity index (χ1v) is 6.44. The van der Waals surface area contributed by atoms with E-state index in [9.17, 15) is 10.0 Å². The average molecular weight is 296 g/mol. The van der Waals surface area contributed by atoms with Crippen molar-refractivity contribution in [2.24, 2.45) is 4.99 Å². The Hall–Kier alpha value is -3.19. The molecule has 2 aromatic carbocycles. The number of fused-ring (bicyclic) bond motifs is 1. The summed E-state index contributed by atoms with van der Waals surface area (Å²) in [5.74, 6) is -0.910. The van der Waals surface area contributed by atoms with E-state index >= 15 is 0 Å². The van der Waals surface area contributed by atoms with Gasteiger partial charge in [-0.3, -0.25) is 15.8 Å². The molecule has 0 aliphatic heterocycles. The van der Waals surface area contributed by atoms with Crippen LogP contribution >= 0.6 is 0 Å². The van der Waals surface area contributed by atoms with Gasteiger partial charge in [0.1, 0.15) is 5.69 Å². The van der Waals surface area contributed by atoms with Crippen molar-refractivity contribution in [3.05, 3.63) is 59.8 Å². The van der Waals surface area contributed by atoms with Crippen LogP contribution in [-0.2, 0) is 0 Å². The number of aromatic carboxylic acids is 1. The van der Waals surface area contributed by atoms with Crippen LogP contribution in [0, 0.1) is 0 Å². The predicted octanol–water partition coefficient (Wildman–Crippen LogP) is 2.32. The summed E-state index contributed by atoms with van der Waals surface area (Å²) in [6.45, 7) is 0. The number of nitrogens with one attached hydrogen (secondary N) is 2. The molecule has 1 aromatic heterocycles. The molecule has 0 aliphatic carbocycles. The van der Waals surface area contributed by atoms with Crippen molar-refractivity contribution in [2.75, 3.05) is 0 Å². The molecule has 7 nitrogen and oxygen atoms in total. The Bertz CT molecular complexity index is 856. The number of hydroxylamine groups is 1. The summed E-state index contributed by atoms with van der Waals surface area (Å²) in [7, 11) is 0. The molecule has 0 aliphatic rings. The third-order valence-electron chi connectivity index (χ3n) is 3.14. The molecule has 0 saturated heterocycles. The molecule has 0 radical (unpaired) electrons. The van der Waals surface area contributed by atoms with Crippen molar-refractivity contribution < 1.29 is 15.1 Å². The normalized spacial score (nSPS) is 11.6. The van der Waals surface area contributed by atoms with Crippen LogP contribution in [0.5, 0.6) is 0 Å². The van der Waals surface area contributed by atoms with Crippen molar-refractivity contribution in [1.29, 1.82) is 0 Å². The van der Waals surface area contributed by atoms with Gasteiger partial charge in [-0.15, -0.1) is 0 Å². The van der Waals surface area contributed by atoms with E-state index in [1.165, 1.54) is 12.1 Å². The van der Waals surface area contributed by atoms with Crippen molar-refractivity contribution in [1.82, 2.24) is 15.7 Å². The number of aliphatic imine (C=N–C) groups is 1. The Labute approximate surface area is 124 Å². The number of para-hydroxylation sites is 1.